The second-order valence-electron chi connectivity index (χ2n) is 7.49. The second kappa shape index (κ2) is 10.0. The summed E-state index contributed by atoms with van der Waals surface area (Å²) in [5, 5.41) is 22.0. The van der Waals surface area contributed by atoms with Crippen LogP contribution in [0.15, 0.2) is 71.1 Å². The highest BCUT2D eigenvalue weighted by Gasteiger charge is 2.21. The number of hydrazone groups is 1. The molecule has 10 heteroatoms. The zero-order valence-corrected chi connectivity index (χ0v) is 19.7. The zero-order valence-electron chi connectivity index (χ0n) is 18.0. The average molecular weight is 488 g/mol. The highest BCUT2D eigenvalue weighted by atomic mass is 32.1. The van der Waals surface area contributed by atoms with Crippen molar-refractivity contribution in [2.24, 2.45) is 5.10 Å². The van der Waals surface area contributed by atoms with Crippen molar-refractivity contribution >= 4 is 50.3 Å². The fourth-order valence-corrected chi connectivity index (χ4v) is 5.10. The van der Waals surface area contributed by atoms with Crippen molar-refractivity contribution in [1.29, 1.82) is 5.41 Å². The Hall–Kier alpha value is -3.73. The van der Waals surface area contributed by atoms with Gasteiger partial charge < -0.3 is 5.32 Å². The lowest BCUT2D eigenvalue weighted by Gasteiger charge is -2.09. The summed E-state index contributed by atoms with van der Waals surface area (Å²) in [5.74, 6) is -0.515. The smallest absolute Gasteiger partial charge is 0.280 e. The van der Waals surface area contributed by atoms with Gasteiger partial charge in [0.15, 0.2) is 10.8 Å². The van der Waals surface area contributed by atoms with Crippen LogP contribution in [0.25, 0.3) is 11.3 Å². The molecule has 3 heterocycles. The van der Waals surface area contributed by atoms with E-state index >= 15 is 0 Å². The lowest BCUT2D eigenvalue weighted by atomic mass is 10.1. The predicted octanol–water partition coefficient (Wildman–Crippen LogP) is 4.39. The first-order chi connectivity index (χ1) is 16.7. The number of fused-ring (bicyclic) bond motifs is 1. The molecule has 0 atom stereocenters. The second-order valence-corrected chi connectivity index (χ2v) is 9.43. The molecular formula is C24H21N7OS2. The summed E-state index contributed by atoms with van der Waals surface area (Å²) >= 11 is 2.82. The van der Waals surface area contributed by atoms with E-state index in [2.05, 4.69) is 31.1 Å². The van der Waals surface area contributed by atoms with Gasteiger partial charge in [-0.2, -0.15) is 5.10 Å². The van der Waals surface area contributed by atoms with Gasteiger partial charge in [0.2, 0.25) is 5.13 Å². The molecule has 2 aromatic heterocycles. The van der Waals surface area contributed by atoms with E-state index in [-0.39, 0.29) is 11.4 Å². The topological polar surface area (TPSA) is 115 Å². The molecule has 0 spiro atoms. The monoisotopic (exact) mass is 487 g/mol. The molecule has 1 aliphatic heterocycles. The third-order valence-corrected chi connectivity index (χ3v) is 6.93. The van der Waals surface area contributed by atoms with E-state index in [0.29, 0.717) is 15.8 Å². The number of hydrogen-bond acceptors (Lipinski definition) is 9. The Kier molecular flexibility index (Phi) is 6.52. The van der Waals surface area contributed by atoms with Crippen LogP contribution in [0.5, 0.6) is 0 Å². The molecule has 4 aromatic rings. The number of aromatic nitrogens is 2. The number of carbonyl (C=O) groups excluding carboxylic acids is 1. The Morgan fingerprint density at radius 2 is 1.79 bits per heavy atom. The van der Waals surface area contributed by atoms with Crippen molar-refractivity contribution in [3.8, 4) is 11.3 Å². The van der Waals surface area contributed by atoms with Crippen molar-refractivity contribution in [3.05, 3.63) is 82.2 Å². The van der Waals surface area contributed by atoms with Crippen molar-refractivity contribution in [3.63, 3.8) is 0 Å². The first kappa shape index (κ1) is 22.1. The number of carbonyl (C=O) groups is 1. The Bertz CT molecular complexity index is 1320. The molecule has 170 valence electrons. The molecule has 0 saturated heterocycles. The molecule has 0 radical (unpaired) electrons. The lowest BCUT2D eigenvalue weighted by Crippen LogP contribution is -2.31. The minimum atomic E-state index is -0.515. The number of nitrogens with zero attached hydrogens (tertiary/aromatic N) is 3. The molecule has 4 N–H and O–H groups in total. The van der Waals surface area contributed by atoms with Gasteiger partial charge in [-0.1, -0.05) is 72.0 Å². The number of nitrogens with one attached hydrogen (secondary N) is 4. The third kappa shape index (κ3) is 4.93. The van der Waals surface area contributed by atoms with Crippen LogP contribution in [0.2, 0.25) is 0 Å². The maximum absolute atomic E-state index is 13.2. The first-order valence-corrected chi connectivity index (χ1v) is 12.4. The largest absolute Gasteiger partial charge is 0.311 e. The molecule has 1 amide bonds. The number of rotatable bonds is 7. The normalized spacial score (nSPS) is 13.2. The zero-order chi connectivity index (χ0) is 23.3. The van der Waals surface area contributed by atoms with E-state index in [0.717, 1.165) is 41.3 Å². The average Bonchev–Trinajstić information content (AvgIpc) is 3.52. The molecule has 0 unspecified atom stereocenters. The Morgan fingerprint density at radius 3 is 2.56 bits per heavy atom. The molecule has 0 bridgehead atoms. The predicted molar refractivity (Wildman–Crippen MR) is 138 cm³/mol. The molecular weight excluding hydrogens is 466 g/mol. The minimum absolute atomic E-state index is 0.00780. The van der Waals surface area contributed by atoms with Crippen molar-refractivity contribution in [1.82, 2.24) is 15.3 Å². The summed E-state index contributed by atoms with van der Waals surface area (Å²) in [4.78, 5) is 23.5. The van der Waals surface area contributed by atoms with Gasteiger partial charge >= 0.3 is 0 Å². The number of amides is 1. The maximum atomic E-state index is 13.2. The SMILES string of the molecule is N=C(/C(=N/Nc1nc2c(s1)CNCC2)C(=O)Nc1nc(-c2ccccc2)cs1)c1ccccc1. The summed E-state index contributed by atoms with van der Waals surface area (Å²) in [5.41, 5.74) is 6.23. The summed E-state index contributed by atoms with van der Waals surface area (Å²) in [6.45, 7) is 1.67. The van der Waals surface area contributed by atoms with Gasteiger partial charge in [0.25, 0.3) is 5.91 Å². The van der Waals surface area contributed by atoms with E-state index in [4.69, 9.17) is 5.41 Å². The number of benzene rings is 2. The van der Waals surface area contributed by atoms with Crippen molar-refractivity contribution in [2.75, 3.05) is 17.3 Å². The Labute approximate surface area is 204 Å². The summed E-state index contributed by atoms with van der Waals surface area (Å²) in [6, 6.07) is 18.8. The fourth-order valence-electron chi connectivity index (χ4n) is 3.47. The fraction of sp³-hybridized carbons (Fsp3) is 0.125. The molecule has 34 heavy (non-hydrogen) atoms. The van der Waals surface area contributed by atoms with Crippen LogP contribution in [-0.4, -0.2) is 33.8 Å². The van der Waals surface area contributed by atoms with E-state index in [1.807, 2.05) is 53.9 Å². The molecule has 0 saturated carbocycles. The summed E-state index contributed by atoms with van der Waals surface area (Å²) in [7, 11) is 0. The number of hydrogen-bond donors (Lipinski definition) is 4. The molecule has 5 rings (SSSR count). The van der Waals surface area contributed by atoms with Gasteiger partial charge in [0.1, 0.15) is 0 Å². The molecule has 2 aromatic carbocycles. The van der Waals surface area contributed by atoms with E-state index in [1.54, 1.807) is 12.1 Å². The van der Waals surface area contributed by atoms with Crippen LogP contribution < -0.4 is 16.1 Å². The molecule has 0 aliphatic carbocycles. The standard InChI is InChI=1S/C24H21N7OS2/c25-20(16-9-5-2-6-10-16)21(30-31-24-27-17-11-12-26-13-19(17)34-24)22(32)29-23-28-18(14-33-23)15-7-3-1-4-8-15/h1-10,14,25-26H,11-13H2,(H,27,31)(H,28,29,32)/b25-20?,30-21-. The summed E-state index contributed by atoms with van der Waals surface area (Å²) < 4.78 is 0. The van der Waals surface area contributed by atoms with Gasteiger partial charge in [-0.15, -0.1) is 11.3 Å². The molecule has 1 aliphatic rings. The van der Waals surface area contributed by atoms with Gasteiger partial charge in [-0.3, -0.25) is 20.9 Å². The highest BCUT2D eigenvalue weighted by Crippen LogP contribution is 2.26. The van der Waals surface area contributed by atoms with Crippen LogP contribution in [-0.2, 0) is 17.8 Å². The highest BCUT2D eigenvalue weighted by molar-refractivity contribution is 7.15. The number of thiazole rings is 2. The van der Waals surface area contributed by atoms with Gasteiger partial charge in [-0.25, -0.2) is 9.97 Å². The van der Waals surface area contributed by atoms with Crippen LogP contribution in [0.3, 0.4) is 0 Å². The van der Waals surface area contributed by atoms with Gasteiger partial charge in [-0.05, 0) is 0 Å². The Morgan fingerprint density at radius 1 is 1.03 bits per heavy atom. The molecule has 8 nitrogen and oxygen atoms in total. The van der Waals surface area contributed by atoms with Crippen LogP contribution in [0, 0.1) is 5.41 Å². The van der Waals surface area contributed by atoms with E-state index < -0.39 is 5.91 Å². The lowest BCUT2D eigenvalue weighted by molar-refractivity contribution is -0.110. The van der Waals surface area contributed by atoms with Crippen LogP contribution in [0.4, 0.5) is 10.3 Å². The van der Waals surface area contributed by atoms with E-state index in [9.17, 15) is 4.79 Å². The van der Waals surface area contributed by atoms with E-state index in [1.165, 1.54) is 22.7 Å². The van der Waals surface area contributed by atoms with Gasteiger partial charge in [0, 0.05) is 40.9 Å². The van der Waals surface area contributed by atoms with Crippen molar-refractivity contribution in [2.45, 2.75) is 13.0 Å². The van der Waals surface area contributed by atoms with Crippen molar-refractivity contribution < 1.29 is 4.79 Å². The third-order valence-electron chi connectivity index (χ3n) is 5.17. The van der Waals surface area contributed by atoms with Crippen LogP contribution in [0.1, 0.15) is 16.1 Å². The number of anilines is 2. The van der Waals surface area contributed by atoms with Gasteiger partial charge in [0.05, 0.1) is 17.1 Å². The Balaban J connectivity index is 1.39. The maximum Gasteiger partial charge on any atom is 0.280 e. The first-order valence-electron chi connectivity index (χ1n) is 10.7. The quantitative estimate of drug-likeness (QED) is 0.228. The summed E-state index contributed by atoms with van der Waals surface area (Å²) in [6.07, 6.45) is 0.859. The van der Waals surface area contributed by atoms with Crippen LogP contribution >= 0.6 is 22.7 Å². The minimum Gasteiger partial charge on any atom is -0.311 e. The molecule has 0 fully saturated rings.